The molecule has 0 aromatic carbocycles. The van der Waals surface area contributed by atoms with Crippen LogP contribution in [-0.2, 0) is 9.53 Å². The van der Waals surface area contributed by atoms with E-state index in [2.05, 4.69) is 25.8 Å². The first-order chi connectivity index (χ1) is 17.7. The van der Waals surface area contributed by atoms with Crippen LogP contribution in [0.25, 0.3) is 0 Å². The van der Waals surface area contributed by atoms with E-state index < -0.39 is 5.60 Å². The number of carbonyl (C=O) groups is 2. The molecular formula is C28H38ClN5O3. The van der Waals surface area contributed by atoms with E-state index in [1.54, 1.807) is 18.3 Å². The first kappa shape index (κ1) is 27.3. The van der Waals surface area contributed by atoms with Gasteiger partial charge in [0.05, 0.1) is 0 Å². The molecule has 2 aliphatic rings. The number of carbonyl (C=O) groups excluding carboxylic acids is 2. The van der Waals surface area contributed by atoms with Crippen LogP contribution < -0.4 is 4.90 Å². The maximum atomic E-state index is 13.2. The fourth-order valence-electron chi connectivity index (χ4n) is 5.27. The molecule has 2 aromatic heterocycles. The Kier molecular flexibility index (Phi) is 9.03. The van der Waals surface area contributed by atoms with E-state index in [-0.39, 0.29) is 23.7 Å². The number of esters is 1. The highest BCUT2D eigenvalue weighted by atomic mass is 35.5. The Hall–Kier alpha value is -2.71. The van der Waals surface area contributed by atoms with Crippen LogP contribution in [0.3, 0.4) is 0 Å². The molecule has 4 heterocycles. The van der Waals surface area contributed by atoms with Gasteiger partial charge in [0.15, 0.2) is 0 Å². The highest BCUT2D eigenvalue weighted by Gasteiger charge is 2.34. The zero-order chi connectivity index (χ0) is 26.4. The van der Waals surface area contributed by atoms with E-state index in [1.165, 1.54) is 0 Å². The summed E-state index contributed by atoms with van der Waals surface area (Å²) in [6.07, 6.45) is 5.49. The van der Waals surface area contributed by atoms with Crippen LogP contribution in [0.2, 0.25) is 5.15 Å². The van der Waals surface area contributed by atoms with E-state index in [1.807, 2.05) is 44.0 Å². The summed E-state index contributed by atoms with van der Waals surface area (Å²) >= 11 is 6.03. The Balaban J connectivity index is 1.37. The van der Waals surface area contributed by atoms with E-state index in [4.69, 9.17) is 16.3 Å². The van der Waals surface area contributed by atoms with Crippen molar-refractivity contribution >= 4 is 29.3 Å². The second-order valence-corrected chi connectivity index (χ2v) is 11.4. The number of halogens is 1. The molecule has 8 nitrogen and oxygen atoms in total. The van der Waals surface area contributed by atoms with Crippen LogP contribution >= 0.6 is 11.6 Å². The third-order valence-corrected chi connectivity index (χ3v) is 7.37. The highest BCUT2D eigenvalue weighted by molar-refractivity contribution is 6.29. The summed E-state index contributed by atoms with van der Waals surface area (Å²) in [6, 6.07) is 9.34. The standard InChI is InChI=1S/C28H38ClN5O3/c1-28(2,3)37-26(35)19-21-9-13-34(27(36)22-7-11-30-24(29)18-22)20-23(21)8-12-32-14-16-33(17-15-32)25-6-4-5-10-31-25/h4-7,10-11,18,21,23H,8-9,12-17,19-20H2,1-3H3/t21-,23-/m0/s1. The van der Waals surface area contributed by atoms with Crippen molar-refractivity contribution in [2.24, 2.45) is 11.8 Å². The maximum Gasteiger partial charge on any atom is 0.306 e. The maximum absolute atomic E-state index is 13.2. The molecule has 0 N–H and O–H groups in total. The third-order valence-electron chi connectivity index (χ3n) is 7.16. The predicted octanol–water partition coefficient (Wildman–Crippen LogP) is 4.15. The van der Waals surface area contributed by atoms with Crippen molar-refractivity contribution in [1.82, 2.24) is 19.8 Å². The van der Waals surface area contributed by atoms with Gasteiger partial charge in [-0.05, 0) is 76.3 Å². The first-order valence-electron chi connectivity index (χ1n) is 13.2. The van der Waals surface area contributed by atoms with Crippen molar-refractivity contribution in [2.45, 2.75) is 45.6 Å². The van der Waals surface area contributed by atoms with Crippen molar-refractivity contribution in [3.63, 3.8) is 0 Å². The minimum absolute atomic E-state index is 0.0333. The van der Waals surface area contributed by atoms with Crippen molar-refractivity contribution in [3.05, 3.63) is 53.4 Å². The van der Waals surface area contributed by atoms with Crippen molar-refractivity contribution < 1.29 is 14.3 Å². The average Bonchev–Trinajstić information content (AvgIpc) is 2.87. The van der Waals surface area contributed by atoms with Crippen LogP contribution in [0.4, 0.5) is 5.82 Å². The second kappa shape index (κ2) is 12.2. The molecular weight excluding hydrogens is 490 g/mol. The molecule has 0 saturated carbocycles. The zero-order valence-corrected chi connectivity index (χ0v) is 22.9. The topological polar surface area (TPSA) is 78.9 Å². The lowest BCUT2D eigenvalue weighted by Crippen LogP contribution is -2.49. The van der Waals surface area contributed by atoms with Crippen molar-refractivity contribution in [3.8, 4) is 0 Å². The first-order valence-corrected chi connectivity index (χ1v) is 13.6. The number of likely N-dealkylation sites (tertiary alicyclic amines) is 1. The summed E-state index contributed by atoms with van der Waals surface area (Å²) in [5.74, 6) is 1.24. The lowest BCUT2D eigenvalue weighted by Gasteiger charge is -2.40. The summed E-state index contributed by atoms with van der Waals surface area (Å²) < 4.78 is 5.63. The molecule has 1 amide bonds. The fourth-order valence-corrected chi connectivity index (χ4v) is 5.44. The Labute approximate surface area is 225 Å². The lowest BCUT2D eigenvalue weighted by molar-refractivity contribution is -0.156. The van der Waals surface area contributed by atoms with Gasteiger partial charge in [0.25, 0.3) is 5.91 Å². The number of hydrogen-bond donors (Lipinski definition) is 0. The number of pyridine rings is 2. The SMILES string of the molecule is CC(C)(C)OC(=O)C[C@@H]1CCN(C(=O)c2ccnc(Cl)c2)C[C@@H]1CCN1CCN(c2ccccn2)CC1. The number of anilines is 1. The molecule has 9 heteroatoms. The van der Waals surface area contributed by atoms with Crippen LogP contribution in [0.1, 0.15) is 50.4 Å². The van der Waals surface area contributed by atoms with Crippen LogP contribution in [0.5, 0.6) is 0 Å². The van der Waals surface area contributed by atoms with Crippen LogP contribution in [0, 0.1) is 11.8 Å². The average molecular weight is 528 g/mol. The normalized spacial score (nSPS) is 21.1. The molecule has 2 fully saturated rings. The van der Waals surface area contributed by atoms with Gasteiger partial charge < -0.3 is 14.5 Å². The molecule has 0 unspecified atom stereocenters. The smallest absolute Gasteiger partial charge is 0.306 e. The molecule has 0 spiro atoms. The molecule has 0 bridgehead atoms. The van der Waals surface area contributed by atoms with Crippen LogP contribution in [0.15, 0.2) is 42.7 Å². The Morgan fingerprint density at radius 1 is 1.03 bits per heavy atom. The molecule has 0 aliphatic carbocycles. The fraction of sp³-hybridized carbons (Fsp3) is 0.571. The quantitative estimate of drug-likeness (QED) is 0.395. The van der Waals surface area contributed by atoms with Gasteiger partial charge in [0.1, 0.15) is 16.6 Å². The van der Waals surface area contributed by atoms with Gasteiger partial charge in [0, 0.05) is 63.6 Å². The summed E-state index contributed by atoms with van der Waals surface area (Å²) in [5, 5.41) is 0.312. The molecule has 2 saturated heterocycles. The Morgan fingerprint density at radius 3 is 2.49 bits per heavy atom. The number of ether oxygens (including phenoxy) is 1. The largest absolute Gasteiger partial charge is 0.460 e. The summed E-state index contributed by atoms with van der Waals surface area (Å²) in [7, 11) is 0. The number of piperidine rings is 1. The number of amides is 1. The van der Waals surface area contributed by atoms with Gasteiger partial charge in [-0.2, -0.15) is 0 Å². The van der Waals surface area contributed by atoms with Gasteiger partial charge in [-0.3, -0.25) is 14.5 Å². The predicted molar refractivity (Wildman–Crippen MR) is 145 cm³/mol. The zero-order valence-electron chi connectivity index (χ0n) is 22.1. The van der Waals surface area contributed by atoms with Gasteiger partial charge in [-0.1, -0.05) is 17.7 Å². The van der Waals surface area contributed by atoms with Crippen molar-refractivity contribution in [1.29, 1.82) is 0 Å². The minimum atomic E-state index is -0.503. The summed E-state index contributed by atoms with van der Waals surface area (Å²) in [6.45, 7) is 11.7. The number of rotatable bonds is 7. The van der Waals surface area contributed by atoms with Crippen LogP contribution in [-0.4, -0.2) is 83.1 Å². The van der Waals surface area contributed by atoms with Gasteiger partial charge in [-0.15, -0.1) is 0 Å². The third kappa shape index (κ3) is 7.89. The van der Waals surface area contributed by atoms with E-state index in [0.29, 0.717) is 30.2 Å². The monoisotopic (exact) mass is 527 g/mol. The molecule has 2 aliphatic heterocycles. The highest BCUT2D eigenvalue weighted by Crippen LogP contribution is 2.31. The number of nitrogens with zero attached hydrogens (tertiary/aromatic N) is 5. The summed E-state index contributed by atoms with van der Waals surface area (Å²) in [4.78, 5) is 41.1. The Bertz CT molecular complexity index is 1050. The minimum Gasteiger partial charge on any atom is -0.460 e. The van der Waals surface area contributed by atoms with Gasteiger partial charge in [-0.25, -0.2) is 9.97 Å². The van der Waals surface area contributed by atoms with Gasteiger partial charge in [0.2, 0.25) is 0 Å². The van der Waals surface area contributed by atoms with E-state index in [9.17, 15) is 9.59 Å². The number of piperazine rings is 1. The van der Waals surface area contributed by atoms with E-state index >= 15 is 0 Å². The molecule has 2 aromatic rings. The number of aromatic nitrogens is 2. The second-order valence-electron chi connectivity index (χ2n) is 11.0. The molecule has 37 heavy (non-hydrogen) atoms. The van der Waals surface area contributed by atoms with Crippen molar-refractivity contribution in [2.75, 3.05) is 50.7 Å². The molecule has 0 radical (unpaired) electrons. The molecule has 4 rings (SSSR count). The number of hydrogen-bond acceptors (Lipinski definition) is 7. The molecule has 2 atom stereocenters. The van der Waals surface area contributed by atoms with E-state index in [0.717, 1.165) is 51.4 Å². The lowest BCUT2D eigenvalue weighted by atomic mass is 9.80. The molecule has 200 valence electrons. The summed E-state index contributed by atoms with van der Waals surface area (Å²) in [5.41, 5.74) is 0.0481. The van der Waals surface area contributed by atoms with Gasteiger partial charge >= 0.3 is 5.97 Å². The Morgan fingerprint density at radius 2 is 1.81 bits per heavy atom.